The topological polar surface area (TPSA) is 147 Å². The van der Waals surface area contributed by atoms with Gasteiger partial charge in [0, 0.05) is 11.8 Å². The maximum Gasteiger partial charge on any atom is 0.265 e. The quantitative estimate of drug-likeness (QED) is 0.274. The molecule has 174 valence electrons. The summed E-state index contributed by atoms with van der Waals surface area (Å²) in [6.45, 7) is 3.39. The normalized spacial score (nSPS) is 9.94. The summed E-state index contributed by atoms with van der Waals surface area (Å²) in [6.07, 6.45) is 1.29. The van der Waals surface area contributed by atoms with Crippen LogP contribution in [0.4, 0.5) is 11.5 Å². The molecule has 0 saturated heterocycles. The van der Waals surface area contributed by atoms with Crippen molar-refractivity contribution in [3.05, 3.63) is 96.8 Å². The number of carbonyl (C=O) groups is 1. The molecule has 0 saturated carbocycles. The van der Waals surface area contributed by atoms with Gasteiger partial charge in [0.25, 0.3) is 5.91 Å². The lowest BCUT2D eigenvalue weighted by atomic mass is 10.1. The minimum absolute atomic E-state index is 0.211. The molecule has 1 amide bonds. The number of anilines is 2. The van der Waals surface area contributed by atoms with Crippen molar-refractivity contribution in [1.29, 1.82) is 10.5 Å². The van der Waals surface area contributed by atoms with Crippen LogP contribution in [0, 0.1) is 22.7 Å². The largest absolute Gasteiger partial charge is 0.457 e. The zero-order chi connectivity index (χ0) is 25.5. The predicted octanol–water partition coefficient (Wildman–Crippen LogP) is 5.20. The van der Waals surface area contributed by atoms with E-state index in [-0.39, 0.29) is 17.3 Å². The molecular formula is C27H18N6O3. The first kappa shape index (κ1) is 23.5. The molecule has 4 rings (SSSR count). The van der Waals surface area contributed by atoms with Crippen LogP contribution < -0.4 is 20.5 Å². The summed E-state index contributed by atoms with van der Waals surface area (Å²) in [5.41, 5.74) is 8.02. The molecule has 0 aliphatic heterocycles. The van der Waals surface area contributed by atoms with Crippen molar-refractivity contribution < 1.29 is 14.3 Å². The van der Waals surface area contributed by atoms with Crippen molar-refractivity contribution in [3.8, 4) is 46.4 Å². The standard InChI is InChI=1S/C27H18N6O3/c1-17(14-28)26(34)33-20-5-3-7-23(13-20)36-27-24(25(30)31-16-32-27)19-8-10-21(11-9-19)35-22-6-2-4-18(12-22)15-29/h2-13,16H,1H2,(H,33,34)(H2,30,31,32). The molecule has 0 radical (unpaired) electrons. The van der Waals surface area contributed by atoms with Gasteiger partial charge in [0.2, 0.25) is 5.88 Å². The van der Waals surface area contributed by atoms with Crippen molar-refractivity contribution in [1.82, 2.24) is 9.97 Å². The first-order chi connectivity index (χ1) is 17.5. The number of aromatic nitrogens is 2. The van der Waals surface area contributed by atoms with E-state index in [0.29, 0.717) is 39.6 Å². The van der Waals surface area contributed by atoms with Crippen LogP contribution in [0.5, 0.6) is 23.1 Å². The summed E-state index contributed by atoms with van der Waals surface area (Å²) in [7, 11) is 0. The summed E-state index contributed by atoms with van der Waals surface area (Å²) in [5.74, 6) is 1.30. The second-order valence-electron chi connectivity index (χ2n) is 7.38. The van der Waals surface area contributed by atoms with Crippen LogP contribution in [0.2, 0.25) is 0 Å². The zero-order valence-corrected chi connectivity index (χ0v) is 18.8. The second kappa shape index (κ2) is 10.5. The Balaban J connectivity index is 1.57. The number of nitriles is 2. The molecule has 0 bridgehead atoms. The van der Waals surface area contributed by atoms with Crippen LogP contribution in [0.25, 0.3) is 11.1 Å². The molecule has 1 aromatic heterocycles. The summed E-state index contributed by atoms with van der Waals surface area (Å²) in [4.78, 5) is 20.2. The van der Waals surface area contributed by atoms with Gasteiger partial charge < -0.3 is 20.5 Å². The minimum atomic E-state index is -0.608. The lowest BCUT2D eigenvalue weighted by Crippen LogP contribution is -2.12. The number of hydrogen-bond donors (Lipinski definition) is 2. The van der Waals surface area contributed by atoms with Gasteiger partial charge in [0.15, 0.2) is 0 Å². The lowest BCUT2D eigenvalue weighted by molar-refractivity contribution is -0.112. The number of benzene rings is 3. The van der Waals surface area contributed by atoms with Crippen molar-refractivity contribution in [2.24, 2.45) is 0 Å². The zero-order valence-electron chi connectivity index (χ0n) is 18.8. The minimum Gasteiger partial charge on any atom is -0.457 e. The fourth-order valence-electron chi connectivity index (χ4n) is 3.19. The van der Waals surface area contributed by atoms with Crippen molar-refractivity contribution in [2.75, 3.05) is 11.1 Å². The summed E-state index contributed by atoms with van der Waals surface area (Å²) in [5, 5.41) is 20.5. The Morgan fingerprint density at radius 2 is 1.64 bits per heavy atom. The number of ether oxygens (including phenoxy) is 2. The van der Waals surface area contributed by atoms with E-state index in [1.54, 1.807) is 78.9 Å². The average Bonchev–Trinajstić information content (AvgIpc) is 2.89. The smallest absolute Gasteiger partial charge is 0.265 e. The Labute approximate surface area is 206 Å². The number of nitrogens with one attached hydrogen (secondary N) is 1. The van der Waals surface area contributed by atoms with Crippen LogP contribution in [0.3, 0.4) is 0 Å². The van der Waals surface area contributed by atoms with E-state index in [9.17, 15) is 4.79 Å². The van der Waals surface area contributed by atoms with Gasteiger partial charge in [0.1, 0.15) is 41.0 Å². The van der Waals surface area contributed by atoms with Gasteiger partial charge >= 0.3 is 0 Å². The fraction of sp³-hybridized carbons (Fsp3) is 0. The van der Waals surface area contributed by atoms with Crippen molar-refractivity contribution in [2.45, 2.75) is 0 Å². The highest BCUT2D eigenvalue weighted by molar-refractivity contribution is 6.06. The van der Waals surface area contributed by atoms with Gasteiger partial charge in [-0.25, -0.2) is 9.97 Å². The van der Waals surface area contributed by atoms with Gasteiger partial charge in [-0.1, -0.05) is 30.8 Å². The molecule has 0 fully saturated rings. The maximum atomic E-state index is 11.9. The number of nitrogens with two attached hydrogens (primary N) is 1. The number of rotatable bonds is 7. The number of nitrogens with zero attached hydrogens (tertiary/aromatic N) is 4. The first-order valence-electron chi connectivity index (χ1n) is 10.5. The van der Waals surface area contributed by atoms with E-state index in [4.69, 9.17) is 25.7 Å². The molecule has 3 N–H and O–H groups in total. The third-order valence-electron chi connectivity index (χ3n) is 4.90. The van der Waals surface area contributed by atoms with E-state index < -0.39 is 5.91 Å². The maximum absolute atomic E-state index is 11.9. The molecule has 0 spiro atoms. The molecule has 1 heterocycles. The Morgan fingerprint density at radius 3 is 2.36 bits per heavy atom. The molecule has 4 aromatic rings. The van der Waals surface area contributed by atoms with Crippen LogP contribution in [0.1, 0.15) is 5.56 Å². The van der Waals surface area contributed by atoms with Gasteiger partial charge in [-0.05, 0) is 48.0 Å². The summed E-state index contributed by atoms with van der Waals surface area (Å²) >= 11 is 0. The number of amides is 1. The molecule has 9 nitrogen and oxygen atoms in total. The summed E-state index contributed by atoms with van der Waals surface area (Å²) < 4.78 is 11.8. The molecule has 3 aromatic carbocycles. The highest BCUT2D eigenvalue weighted by Gasteiger charge is 2.15. The van der Waals surface area contributed by atoms with E-state index in [1.807, 2.05) is 0 Å². The highest BCUT2D eigenvalue weighted by atomic mass is 16.5. The number of nitrogen functional groups attached to an aromatic ring is 1. The molecule has 36 heavy (non-hydrogen) atoms. The number of hydrogen-bond acceptors (Lipinski definition) is 8. The van der Waals surface area contributed by atoms with E-state index in [1.165, 1.54) is 6.33 Å². The SMILES string of the molecule is C=C(C#N)C(=O)Nc1cccc(Oc2ncnc(N)c2-c2ccc(Oc3cccc(C#N)c3)cc2)c1. The molecular weight excluding hydrogens is 456 g/mol. The monoisotopic (exact) mass is 474 g/mol. The van der Waals surface area contributed by atoms with Crippen LogP contribution in [0.15, 0.2) is 91.3 Å². The van der Waals surface area contributed by atoms with Crippen LogP contribution in [-0.4, -0.2) is 15.9 Å². The van der Waals surface area contributed by atoms with E-state index in [2.05, 4.69) is 27.9 Å². The molecule has 0 atom stereocenters. The Bertz CT molecular complexity index is 1530. The second-order valence-corrected chi connectivity index (χ2v) is 7.38. The molecule has 0 aliphatic carbocycles. The predicted molar refractivity (Wildman–Crippen MR) is 133 cm³/mol. The first-order valence-corrected chi connectivity index (χ1v) is 10.5. The Hall–Kier alpha value is -5.67. The fourth-order valence-corrected chi connectivity index (χ4v) is 3.19. The van der Waals surface area contributed by atoms with E-state index >= 15 is 0 Å². The van der Waals surface area contributed by atoms with Gasteiger partial charge in [-0.15, -0.1) is 0 Å². The summed E-state index contributed by atoms with van der Waals surface area (Å²) in [6, 6.07) is 24.3. The van der Waals surface area contributed by atoms with Gasteiger partial charge in [-0.2, -0.15) is 10.5 Å². The molecule has 0 unspecified atom stereocenters. The van der Waals surface area contributed by atoms with Gasteiger partial charge in [0.05, 0.1) is 17.2 Å². The average molecular weight is 474 g/mol. The van der Waals surface area contributed by atoms with Gasteiger partial charge in [-0.3, -0.25) is 4.79 Å². The number of carbonyl (C=O) groups excluding carboxylic acids is 1. The van der Waals surface area contributed by atoms with E-state index in [0.717, 1.165) is 0 Å². The highest BCUT2D eigenvalue weighted by Crippen LogP contribution is 2.36. The molecule has 0 aliphatic rings. The van der Waals surface area contributed by atoms with Crippen LogP contribution >= 0.6 is 0 Å². The Morgan fingerprint density at radius 1 is 0.917 bits per heavy atom. The van der Waals surface area contributed by atoms with Crippen molar-refractivity contribution >= 4 is 17.4 Å². The lowest BCUT2D eigenvalue weighted by Gasteiger charge is -2.13. The molecule has 9 heteroatoms. The third-order valence-corrected chi connectivity index (χ3v) is 4.90. The Kier molecular flexibility index (Phi) is 6.86. The van der Waals surface area contributed by atoms with Crippen LogP contribution in [-0.2, 0) is 4.79 Å². The van der Waals surface area contributed by atoms with Crippen molar-refractivity contribution in [3.63, 3.8) is 0 Å². The third kappa shape index (κ3) is 5.45.